The first-order valence-electron chi connectivity index (χ1n) is 8.49. The Labute approximate surface area is 155 Å². The van der Waals surface area contributed by atoms with E-state index in [-0.39, 0.29) is 18.8 Å². The lowest BCUT2D eigenvalue weighted by Crippen LogP contribution is -2.65. The number of halogens is 1. The third-order valence-corrected chi connectivity index (χ3v) is 4.23. The highest BCUT2D eigenvalue weighted by Gasteiger charge is 2.54. The molecule has 0 aliphatic carbocycles. The van der Waals surface area contributed by atoms with Crippen molar-refractivity contribution < 1.29 is 18.8 Å². The number of carbonyl (C=O) groups excluding carboxylic acids is 1. The van der Waals surface area contributed by atoms with Gasteiger partial charge in [-0.2, -0.15) is 5.10 Å². The van der Waals surface area contributed by atoms with Crippen molar-refractivity contribution in [1.29, 1.82) is 0 Å². The number of hydrogen-bond donors (Lipinski definition) is 0. The highest BCUT2D eigenvalue weighted by molar-refractivity contribution is 5.70. The fourth-order valence-corrected chi connectivity index (χ4v) is 3.10. The molecule has 1 aromatic heterocycles. The van der Waals surface area contributed by atoms with E-state index in [1.807, 2.05) is 0 Å². The summed E-state index contributed by atoms with van der Waals surface area (Å²) in [7, 11) is 0. The maximum atomic E-state index is 15.7. The van der Waals surface area contributed by atoms with E-state index in [9.17, 15) is 14.9 Å². The summed E-state index contributed by atoms with van der Waals surface area (Å²) in [6, 6.07) is 7.88. The normalized spacial score (nSPS) is 17.1. The maximum absolute atomic E-state index is 15.7. The van der Waals surface area contributed by atoms with Crippen molar-refractivity contribution in [2.75, 3.05) is 13.1 Å². The molecule has 1 amide bonds. The van der Waals surface area contributed by atoms with E-state index in [0.717, 1.165) is 6.20 Å². The van der Waals surface area contributed by atoms with E-state index in [1.54, 1.807) is 51.1 Å². The number of carbonyl (C=O) groups is 1. The van der Waals surface area contributed by atoms with E-state index in [1.165, 1.54) is 15.8 Å². The summed E-state index contributed by atoms with van der Waals surface area (Å²) in [5.74, 6) is 0. The summed E-state index contributed by atoms with van der Waals surface area (Å²) in [6.07, 6.45) is 1.70. The molecular formula is C18H21FN4O4. The first-order chi connectivity index (χ1) is 12.6. The van der Waals surface area contributed by atoms with Crippen molar-refractivity contribution >= 4 is 11.8 Å². The Balaban J connectivity index is 1.86. The van der Waals surface area contributed by atoms with Crippen LogP contribution in [0.4, 0.5) is 14.9 Å². The fourth-order valence-electron chi connectivity index (χ4n) is 3.10. The summed E-state index contributed by atoms with van der Waals surface area (Å²) < 4.78 is 22.2. The Kier molecular flexibility index (Phi) is 4.63. The third-order valence-electron chi connectivity index (χ3n) is 4.23. The van der Waals surface area contributed by atoms with Crippen molar-refractivity contribution in [3.8, 4) is 0 Å². The van der Waals surface area contributed by atoms with Gasteiger partial charge in [0.1, 0.15) is 24.0 Å². The van der Waals surface area contributed by atoms with Crippen LogP contribution in [0, 0.1) is 10.1 Å². The summed E-state index contributed by atoms with van der Waals surface area (Å²) in [5.41, 5.74) is -2.10. The van der Waals surface area contributed by atoms with Gasteiger partial charge in [-0.05, 0) is 26.3 Å². The lowest BCUT2D eigenvalue weighted by molar-refractivity contribution is -0.385. The van der Waals surface area contributed by atoms with E-state index in [0.29, 0.717) is 5.56 Å². The summed E-state index contributed by atoms with van der Waals surface area (Å²) >= 11 is 0. The van der Waals surface area contributed by atoms with Gasteiger partial charge in [-0.3, -0.25) is 14.8 Å². The number of nitro groups is 1. The van der Waals surface area contributed by atoms with Crippen LogP contribution in [-0.4, -0.2) is 50.1 Å². The van der Waals surface area contributed by atoms with Gasteiger partial charge in [0.05, 0.1) is 18.0 Å². The zero-order valence-corrected chi connectivity index (χ0v) is 15.3. The SMILES string of the molecule is CC(C)(C)OC(=O)N1CC(F)(C(c2ccccc2)n2cc([N+](=O)[O-])cn2)C1. The molecule has 0 saturated carbocycles. The monoisotopic (exact) mass is 376 g/mol. The number of alkyl halides is 1. The van der Waals surface area contributed by atoms with Gasteiger partial charge < -0.3 is 9.64 Å². The zero-order chi connectivity index (χ0) is 19.8. The van der Waals surface area contributed by atoms with Crippen LogP contribution in [0.1, 0.15) is 32.4 Å². The number of hydrogen-bond acceptors (Lipinski definition) is 5. The average molecular weight is 376 g/mol. The molecule has 1 atom stereocenters. The van der Waals surface area contributed by atoms with E-state index < -0.39 is 28.3 Å². The van der Waals surface area contributed by atoms with Gasteiger partial charge in [0.2, 0.25) is 0 Å². The highest BCUT2D eigenvalue weighted by Crippen LogP contribution is 2.41. The third kappa shape index (κ3) is 3.91. The Bertz CT molecular complexity index is 841. The van der Waals surface area contributed by atoms with Crippen LogP contribution in [-0.2, 0) is 4.74 Å². The number of aromatic nitrogens is 2. The molecule has 1 aliphatic rings. The molecule has 3 rings (SSSR count). The van der Waals surface area contributed by atoms with Gasteiger partial charge in [0.25, 0.3) is 0 Å². The molecule has 1 fully saturated rings. The minimum absolute atomic E-state index is 0.185. The van der Waals surface area contributed by atoms with E-state index in [2.05, 4.69) is 5.10 Å². The number of amides is 1. The van der Waals surface area contributed by atoms with Crippen LogP contribution in [0.25, 0.3) is 0 Å². The molecule has 2 aromatic rings. The van der Waals surface area contributed by atoms with Gasteiger partial charge >= 0.3 is 11.8 Å². The second kappa shape index (κ2) is 6.64. The number of rotatable bonds is 4. The number of ether oxygens (including phenoxy) is 1. The average Bonchev–Trinajstić information content (AvgIpc) is 3.01. The minimum Gasteiger partial charge on any atom is -0.444 e. The van der Waals surface area contributed by atoms with Crippen LogP contribution in [0.2, 0.25) is 0 Å². The lowest BCUT2D eigenvalue weighted by Gasteiger charge is -2.48. The molecule has 0 spiro atoms. The molecule has 144 valence electrons. The number of likely N-dealkylation sites (tertiary alicyclic amines) is 1. The smallest absolute Gasteiger partial charge is 0.410 e. The fraction of sp³-hybridized carbons (Fsp3) is 0.444. The quantitative estimate of drug-likeness (QED) is 0.603. The molecule has 1 aliphatic heterocycles. The van der Waals surface area contributed by atoms with Crippen LogP contribution in [0.3, 0.4) is 0 Å². The van der Waals surface area contributed by atoms with Gasteiger partial charge in [-0.15, -0.1) is 0 Å². The van der Waals surface area contributed by atoms with Crippen LogP contribution in [0.15, 0.2) is 42.7 Å². The maximum Gasteiger partial charge on any atom is 0.410 e. The van der Waals surface area contributed by atoms with Crippen molar-refractivity contribution in [3.63, 3.8) is 0 Å². The van der Waals surface area contributed by atoms with Crippen molar-refractivity contribution in [2.24, 2.45) is 0 Å². The molecule has 1 unspecified atom stereocenters. The second-order valence-electron chi connectivity index (χ2n) is 7.62. The molecule has 2 heterocycles. The molecule has 8 nitrogen and oxygen atoms in total. The molecule has 1 saturated heterocycles. The van der Waals surface area contributed by atoms with Gasteiger partial charge in [-0.25, -0.2) is 9.18 Å². The van der Waals surface area contributed by atoms with Crippen LogP contribution in [0.5, 0.6) is 0 Å². The zero-order valence-electron chi connectivity index (χ0n) is 15.3. The molecule has 27 heavy (non-hydrogen) atoms. The molecule has 0 bridgehead atoms. The van der Waals surface area contributed by atoms with Crippen molar-refractivity contribution in [1.82, 2.24) is 14.7 Å². The van der Waals surface area contributed by atoms with Crippen LogP contribution >= 0.6 is 0 Å². The predicted molar refractivity (Wildman–Crippen MR) is 95.1 cm³/mol. The molecule has 9 heteroatoms. The standard InChI is InChI=1S/C18H21FN4O4/c1-17(2,3)27-16(24)21-11-18(19,12-21)15(13-7-5-4-6-8-13)22-10-14(9-20-22)23(25)26/h4-10,15H,11-12H2,1-3H3. The Morgan fingerprint density at radius 2 is 1.96 bits per heavy atom. The van der Waals surface area contributed by atoms with Gasteiger partial charge in [0.15, 0.2) is 5.67 Å². The Morgan fingerprint density at radius 1 is 1.33 bits per heavy atom. The largest absolute Gasteiger partial charge is 0.444 e. The van der Waals surface area contributed by atoms with E-state index in [4.69, 9.17) is 4.74 Å². The topological polar surface area (TPSA) is 90.5 Å². The molecular weight excluding hydrogens is 355 g/mol. The van der Waals surface area contributed by atoms with Crippen molar-refractivity contribution in [2.45, 2.75) is 38.1 Å². The second-order valence-corrected chi connectivity index (χ2v) is 7.62. The number of benzene rings is 1. The highest BCUT2D eigenvalue weighted by atomic mass is 19.1. The Morgan fingerprint density at radius 3 is 2.48 bits per heavy atom. The van der Waals surface area contributed by atoms with Gasteiger partial charge in [0, 0.05) is 0 Å². The lowest BCUT2D eigenvalue weighted by atomic mass is 9.84. The summed E-state index contributed by atoms with van der Waals surface area (Å²) in [5, 5.41) is 15.0. The van der Waals surface area contributed by atoms with Crippen LogP contribution < -0.4 is 0 Å². The summed E-state index contributed by atoms with van der Waals surface area (Å²) in [4.78, 5) is 23.8. The molecule has 0 N–H and O–H groups in total. The predicted octanol–water partition coefficient (Wildman–Crippen LogP) is 3.34. The van der Waals surface area contributed by atoms with Gasteiger partial charge in [-0.1, -0.05) is 30.3 Å². The minimum atomic E-state index is -1.82. The Hall–Kier alpha value is -2.97. The first-order valence-corrected chi connectivity index (χ1v) is 8.49. The van der Waals surface area contributed by atoms with Crippen molar-refractivity contribution in [3.05, 3.63) is 58.4 Å². The first kappa shape index (κ1) is 18.8. The molecule has 1 aromatic carbocycles. The number of nitrogens with zero attached hydrogens (tertiary/aromatic N) is 4. The molecule has 0 radical (unpaired) electrons. The van der Waals surface area contributed by atoms with E-state index >= 15 is 4.39 Å². The summed E-state index contributed by atoms with van der Waals surface area (Å²) in [6.45, 7) is 4.85.